The molecule has 4 rings (SSSR count). The second kappa shape index (κ2) is 6.72. The highest BCUT2D eigenvalue weighted by Crippen LogP contribution is 2.29. The van der Waals surface area contributed by atoms with Crippen LogP contribution in [0.5, 0.6) is 0 Å². The third kappa shape index (κ3) is 2.99. The van der Waals surface area contributed by atoms with Crippen LogP contribution in [-0.2, 0) is 16.3 Å². The Hall–Kier alpha value is -2.99. The number of fused-ring (bicyclic) bond motifs is 1. The van der Waals surface area contributed by atoms with Gasteiger partial charge in [0.2, 0.25) is 9.84 Å². The fourth-order valence-corrected chi connectivity index (χ4v) is 4.69. The van der Waals surface area contributed by atoms with Crippen molar-refractivity contribution in [2.24, 2.45) is 0 Å². The molecule has 0 radical (unpaired) electrons. The fraction of sp³-hybridized carbons (Fsp3) is 0.100. The molecule has 130 valence electrons. The second-order valence-electron chi connectivity index (χ2n) is 6.03. The average Bonchev–Trinajstić information content (AvgIpc) is 3.11. The summed E-state index contributed by atoms with van der Waals surface area (Å²) in [5.74, 6) is 0. The Labute approximate surface area is 151 Å². The van der Waals surface area contributed by atoms with Crippen LogP contribution < -0.4 is 0 Å². The van der Waals surface area contributed by atoms with Gasteiger partial charge in [0.05, 0.1) is 10.4 Å². The van der Waals surface area contributed by atoms with Crippen LogP contribution in [0.1, 0.15) is 10.9 Å². The number of nitrogens with zero attached hydrogens (tertiary/aromatic N) is 3. The highest BCUT2D eigenvalue weighted by Gasteiger charge is 2.31. The molecule has 1 atom stereocenters. The van der Waals surface area contributed by atoms with Crippen LogP contribution in [-0.4, -0.2) is 23.4 Å². The van der Waals surface area contributed by atoms with E-state index in [-0.39, 0.29) is 4.90 Å². The lowest BCUT2D eigenvalue weighted by atomic mass is 10.1. The molecule has 0 fully saturated rings. The van der Waals surface area contributed by atoms with Crippen molar-refractivity contribution < 1.29 is 8.42 Å². The lowest BCUT2D eigenvalue weighted by Crippen LogP contribution is -2.23. The van der Waals surface area contributed by atoms with Crippen LogP contribution in [0.4, 0.5) is 0 Å². The molecular weight excluding hydrogens is 346 g/mol. The molecule has 3 aromatic carbocycles. The third-order valence-electron chi connectivity index (χ3n) is 4.33. The van der Waals surface area contributed by atoms with Gasteiger partial charge in [0.1, 0.15) is 5.52 Å². The minimum Gasteiger partial charge on any atom is -0.226 e. The van der Waals surface area contributed by atoms with Crippen molar-refractivity contribution >= 4 is 20.9 Å². The summed E-state index contributed by atoms with van der Waals surface area (Å²) in [4.78, 5) is 0.278. The molecule has 0 aliphatic heterocycles. The Morgan fingerprint density at radius 3 is 2.15 bits per heavy atom. The Morgan fingerprint density at radius 1 is 0.808 bits per heavy atom. The molecule has 0 saturated carbocycles. The zero-order chi connectivity index (χ0) is 18.0. The van der Waals surface area contributed by atoms with Gasteiger partial charge in [-0.3, -0.25) is 0 Å². The number of hydrogen-bond acceptors (Lipinski definition) is 4. The number of hydrogen-bond donors (Lipinski definition) is 0. The Morgan fingerprint density at radius 2 is 1.42 bits per heavy atom. The summed E-state index contributed by atoms with van der Waals surface area (Å²) in [6.07, 6.45) is 0.311. The van der Waals surface area contributed by atoms with Gasteiger partial charge in [0.25, 0.3) is 0 Å². The normalized spacial score (nSPS) is 12.9. The summed E-state index contributed by atoms with van der Waals surface area (Å²) in [7, 11) is -3.65. The molecule has 0 N–H and O–H groups in total. The first kappa shape index (κ1) is 16.5. The lowest BCUT2D eigenvalue weighted by Gasteiger charge is -2.19. The summed E-state index contributed by atoms with van der Waals surface area (Å²) < 4.78 is 28.3. The molecular formula is C20H17N3O2S. The predicted molar refractivity (Wildman–Crippen MR) is 100 cm³/mol. The number of para-hydroxylation sites is 1. The Balaban J connectivity index is 1.87. The molecule has 6 heteroatoms. The molecule has 0 saturated heterocycles. The number of rotatable bonds is 5. The maximum atomic E-state index is 13.4. The number of benzene rings is 3. The van der Waals surface area contributed by atoms with Gasteiger partial charge in [-0.2, -0.15) is 0 Å². The smallest absolute Gasteiger partial charge is 0.201 e. The quantitative estimate of drug-likeness (QED) is 0.543. The van der Waals surface area contributed by atoms with E-state index in [1.54, 1.807) is 30.3 Å². The Bertz CT molecular complexity index is 1120. The standard InChI is InChI=1S/C20H17N3O2S/c24-26(25,17-11-5-2-6-12-17)20(15-16-9-3-1-4-10-16)23-19-14-8-7-13-18(19)21-22-23/h1-14,20H,15H2. The van der Waals surface area contributed by atoms with Crippen molar-refractivity contribution in [3.63, 3.8) is 0 Å². The van der Waals surface area contributed by atoms with Gasteiger partial charge < -0.3 is 0 Å². The number of sulfone groups is 1. The maximum absolute atomic E-state index is 13.4. The molecule has 26 heavy (non-hydrogen) atoms. The second-order valence-corrected chi connectivity index (χ2v) is 8.13. The molecule has 5 nitrogen and oxygen atoms in total. The van der Waals surface area contributed by atoms with Gasteiger partial charge in [-0.25, -0.2) is 13.1 Å². The topological polar surface area (TPSA) is 64.8 Å². The molecule has 0 aliphatic rings. The molecule has 1 aromatic heterocycles. The van der Waals surface area contributed by atoms with Crippen LogP contribution in [0.15, 0.2) is 89.8 Å². The first-order valence-electron chi connectivity index (χ1n) is 8.29. The van der Waals surface area contributed by atoms with Crippen molar-refractivity contribution in [3.05, 3.63) is 90.5 Å². The van der Waals surface area contributed by atoms with Crippen molar-refractivity contribution in [1.29, 1.82) is 0 Å². The highest BCUT2D eigenvalue weighted by molar-refractivity contribution is 7.91. The number of aromatic nitrogens is 3. The van der Waals surface area contributed by atoms with Crippen molar-refractivity contribution in [2.75, 3.05) is 0 Å². The molecule has 1 heterocycles. The summed E-state index contributed by atoms with van der Waals surface area (Å²) >= 11 is 0. The first-order chi connectivity index (χ1) is 12.7. The zero-order valence-corrected chi connectivity index (χ0v) is 14.8. The van der Waals surface area contributed by atoms with Crippen LogP contribution in [0.3, 0.4) is 0 Å². The van der Waals surface area contributed by atoms with E-state index in [0.717, 1.165) is 5.56 Å². The minimum absolute atomic E-state index is 0.278. The average molecular weight is 363 g/mol. The summed E-state index contributed by atoms with van der Waals surface area (Å²) in [6.45, 7) is 0. The summed E-state index contributed by atoms with van der Waals surface area (Å²) in [5, 5.41) is 7.43. The van der Waals surface area contributed by atoms with Crippen LogP contribution in [0.2, 0.25) is 0 Å². The molecule has 4 aromatic rings. The zero-order valence-electron chi connectivity index (χ0n) is 13.9. The lowest BCUT2D eigenvalue weighted by molar-refractivity contribution is 0.516. The van der Waals surface area contributed by atoms with Gasteiger partial charge in [0, 0.05) is 6.42 Å². The molecule has 0 bridgehead atoms. The largest absolute Gasteiger partial charge is 0.226 e. The third-order valence-corrected chi connectivity index (χ3v) is 6.35. The Kier molecular flexibility index (Phi) is 4.26. The van der Waals surface area contributed by atoms with Crippen LogP contribution in [0, 0.1) is 0 Å². The van der Waals surface area contributed by atoms with E-state index in [2.05, 4.69) is 10.3 Å². The highest BCUT2D eigenvalue weighted by atomic mass is 32.2. The SMILES string of the molecule is O=S(=O)(c1ccccc1)C(Cc1ccccc1)n1nnc2ccccc21. The van der Waals surface area contributed by atoms with E-state index in [9.17, 15) is 8.42 Å². The molecule has 0 amide bonds. The van der Waals surface area contributed by atoms with Gasteiger partial charge in [-0.15, -0.1) is 5.10 Å². The minimum atomic E-state index is -3.65. The summed E-state index contributed by atoms with van der Waals surface area (Å²) in [6, 6.07) is 25.4. The van der Waals surface area contributed by atoms with E-state index in [4.69, 9.17) is 0 Å². The predicted octanol–water partition coefficient (Wildman–Crippen LogP) is 3.65. The van der Waals surface area contributed by atoms with Crippen molar-refractivity contribution in [1.82, 2.24) is 15.0 Å². The van der Waals surface area contributed by atoms with E-state index in [0.29, 0.717) is 17.5 Å². The first-order valence-corrected chi connectivity index (χ1v) is 9.84. The van der Waals surface area contributed by atoms with E-state index in [1.807, 2.05) is 54.6 Å². The van der Waals surface area contributed by atoms with Crippen molar-refractivity contribution in [2.45, 2.75) is 16.7 Å². The fourth-order valence-electron chi connectivity index (χ4n) is 3.01. The van der Waals surface area contributed by atoms with E-state index < -0.39 is 15.2 Å². The molecule has 0 aliphatic carbocycles. The molecule has 0 spiro atoms. The maximum Gasteiger partial charge on any atom is 0.201 e. The van der Waals surface area contributed by atoms with Crippen LogP contribution >= 0.6 is 0 Å². The molecule has 1 unspecified atom stereocenters. The van der Waals surface area contributed by atoms with Crippen LogP contribution in [0.25, 0.3) is 11.0 Å². The van der Waals surface area contributed by atoms with Gasteiger partial charge in [0.15, 0.2) is 5.37 Å². The van der Waals surface area contributed by atoms with E-state index in [1.165, 1.54) is 4.68 Å². The van der Waals surface area contributed by atoms with Crippen molar-refractivity contribution in [3.8, 4) is 0 Å². The van der Waals surface area contributed by atoms with E-state index >= 15 is 0 Å². The van der Waals surface area contributed by atoms with Gasteiger partial charge in [-0.05, 0) is 29.8 Å². The summed E-state index contributed by atoms with van der Waals surface area (Å²) in [5.41, 5.74) is 2.30. The van der Waals surface area contributed by atoms with Gasteiger partial charge >= 0.3 is 0 Å². The monoisotopic (exact) mass is 363 g/mol. The van der Waals surface area contributed by atoms with Gasteiger partial charge in [-0.1, -0.05) is 65.9 Å².